The molecule has 2 heterocycles. The van der Waals surface area contributed by atoms with Crippen molar-refractivity contribution in [3.8, 4) is 17.2 Å². The number of hydrogen-bond acceptors (Lipinski definition) is 4. The summed E-state index contributed by atoms with van der Waals surface area (Å²) >= 11 is 0. The molecule has 27 heavy (non-hydrogen) atoms. The maximum absolute atomic E-state index is 14.4. The number of nitrogens with one attached hydrogen (secondary N) is 1. The van der Waals surface area contributed by atoms with Gasteiger partial charge in [0.25, 0.3) is 5.91 Å². The van der Waals surface area contributed by atoms with Crippen molar-refractivity contribution >= 4 is 5.91 Å². The van der Waals surface area contributed by atoms with Gasteiger partial charge < -0.3 is 19.4 Å². The van der Waals surface area contributed by atoms with Gasteiger partial charge in [-0.1, -0.05) is 18.2 Å². The molecule has 0 fully saturated rings. The number of rotatable bonds is 4. The number of imidazole rings is 1. The summed E-state index contributed by atoms with van der Waals surface area (Å²) in [6, 6.07) is 12.0. The van der Waals surface area contributed by atoms with Gasteiger partial charge >= 0.3 is 0 Å². The molecule has 1 aliphatic rings. The number of carbonyl (C=O) groups excluding carboxylic acids is 1. The molecule has 1 aromatic heterocycles. The number of para-hydroxylation sites is 2. The number of hydrogen-bond donors (Lipinski definition) is 1. The largest absolute Gasteiger partial charge is 0.485 e. The summed E-state index contributed by atoms with van der Waals surface area (Å²) in [5.41, 5.74) is 1.07. The van der Waals surface area contributed by atoms with E-state index in [1.54, 1.807) is 48.1 Å². The summed E-state index contributed by atoms with van der Waals surface area (Å²) in [6.07, 6.45) is 2.58. The van der Waals surface area contributed by atoms with Crippen molar-refractivity contribution in [1.29, 1.82) is 0 Å². The van der Waals surface area contributed by atoms with E-state index in [0.29, 0.717) is 28.6 Å². The molecule has 7 heteroatoms. The quantitative estimate of drug-likeness (QED) is 0.770. The highest BCUT2D eigenvalue weighted by atomic mass is 19.1. The van der Waals surface area contributed by atoms with Crippen LogP contribution < -0.4 is 14.8 Å². The molecule has 6 nitrogen and oxygen atoms in total. The summed E-state index contributed by atoms with van der Waals surface area (Å²) in [6.45, 7) is 2.13. The lowest BCUT2D eigenvalue weighted by atomic mass is 10.2. The molecule has 0 spiro atoms. The molecule has 1 unspecified atom stereocenters. The molecule has 1 aliphatic heterocycles. The molecule has 0 aliphatic carbocycles. The average molecular weight is 367 g/mol. The Morgan fingerprint density at radius 3 is 2.85 bits per heavy atom. The van der Waals surface area contributed by atoms with E-state index in [1.165, 1.54) is 6.07 Å². The minimum atomic E-state index is -0.738. The highest BCUT2D eigenvalue weighted by molar-refractivity contribution is 5.81. The van der Waals surface area contributed by atoms with Crippen molar-refractivity contribution in [3.63, 3.8) is 0 Å². The SMILES string of the molecule is Cc1nccn1-c1ccc(CNC(=O)C2COc3ccccc3O2)cc1F. The van der Waals surface area contributed by atoms with E-state index in [-0.39, 0.29) is 24.9 Å². The fourth-order valence-electron chi connectivity index (χ4n) is 2.94. The summed E-state index contributed by atoms with van der Waals surface area (Å²) < 4.78 is 27.3. The summed E-state index contributed by atoms with van der Waals surface area (Å²) in [5.74, 6) is 1.17. The Kier molecular flexibility index (Phi) is 4.50. The van der Waals surface area contributed by atoms with Gasteiger partial charge in [0.15, 0.2) is 11.5 Å². The molecular weight excluding hydrogens is 349 g/mol. The second-order valence-corrected chi connectivity index (χ2v) is 6.21. The summed E-state index contributed by atoms with van der Waals surface area (Å²) in [5, 5.41) is 2.76. The number of ether oxygens (including phenoxy) is 2. The van der Waals surface area contributed by atoms with E-state index >= 15 is 0 Å². The van der Waals surface area contributed by atoms with Crippen LogP contribution in [0.1, 0.15) is 11.4 Å². The average Bonchev–Trinajstić information content (AvgIpc) is 3.11. The number of halogens is 1. The van der Waals surface area contributed by atoms with E-state index in [4.69, 9.17) is 9.47 Å². The van der Waals surface area contributed by atoms with Crippen LogP contribution in [0.5, 0.6) is 11.5 Å². The Bertz CT molecular complexity index is 986. The lowest BCUT2D eigenvalue weighted by Crippen LogP contribution is -2.43. The van der Waals surface area contributed by atoms with Crippen molar-refractivity contribution in [2.75, 3.05) is 6.61 Å². The van der Waals surface area contributed by atoms with Crippen LogP contribution in [-0.4, -0.2) is 28.2 Å². The van der Waals surface area contributed by atoms with Crippen LogP contribution in [0.25, 0.3) is 5.69 Å². The van der Waals surface area contributed by atoms with Gasteiger partial charge in [0, 0.05) is 18.9 Å². The van der Waals surface area contributed by atoms with E-state index < -0.39 is 6.10 Å². The molecule has 1 atom stereocenters. The summed E-state index contributed by atoms with van der Waals surface area (Å²) in [7, 11) is 0. The minimum absolute atomic E-state index is 0.135. The maximum atomic E-state index is 14.4. The van der Waals surface area contributed by atoms with Crippen molar-refractivity contribution in [2.45, 2.75) is 19.6 Å². The minimum Gasteiger partial charge on any atom is -0.485 e. The van der Waals surface area contributed by atoms with Gasteiger partial charge in [-0.3, -0.25) is 4.79 Å². The fourth-order valence-corrected chi connectivity index (χ4v) is 2.94. The smallest absolute Gasteiger partial charge is 0.264 e. The van der Waals surface area contributed by atoms with Crippen LogP contribution in [-0.2, 0) is 11.3 Å². The van der Waals surface area contributed by atoms with E-state index in [1.807, 2.05) is 12.1 Å². The second kappa shape index (κ2) is 7.11. The van der Waals surface area contributed by atoms with Gasteiger partial charge in [-0.05, 0) is 36.8 Å². The Hall–Kier alpha value is -3.35. The Morgan fingerprint density at radius 1 is 1.30 bits per heavy atom. The topological polar surface area (TPSA) is 65.4 Å². The molecule has 4 rings (SSSR count). The number of aryl methyl sites for hydroxylation is 1. The molecule has 138 valence electrons. The normalized spacial score (nSPS) is 15.4. The first kappa shape index (κ1) is 17.1. The number of carbonyl (C=O) groups is 1. The van der Waals surface area contributed by atoms with E-state index in [9.17, 15) is 9.18 Å². The van der Waals surface area contributed by atoms with Crippen LogP contribution >= 0.6 is 0 Å². The van der Waals surface area contributed by atoms with Gasteiger partial charge in [0.2, 0.25) is 6.10 Å². The molecular formula is C20H18FN3O3. The first-order valence-corrected chi connectivity index (χ1v) is 8.57. The molecule has 1 amide bonds. The summed E-state index contributed by atoms with van der Waals surface area (Å²) in [4.78, 5) is 16.4. The zero-order valence-electron chi connectivity index (χ0n) is 14.7. The molecule has 2 aromatic carbocycles. The molecule has 1 N–H and O–H groups in total. The van der Waals surface area contributed by atoms with Crippen LogP contribution in [0.4, 0.5) is 4.39 Å². The lowest BCUT2D eigenvalue weighted by molar-refractivity contribution is -0.130. The van der Waals surface area contributed by atoms with Crippen LogP contribution in [0, 0.1) is 12.7 Å². The monoisotopic (exact) mass is 367 g/mol. The standard InChI is InChI=1S/C20H18FN3O3/c1-13-22-8-9-24(13)16-7-6-14(10-15(16)21)11-23-20(25)19-12-26-17-4-2-3-5-18(17)27-19/h2-10,19H,11-12H2,1H3,(H,23,25). The van der Waals surface area contributed by atoms with Crippen molar-refractivity contribution in [1.82, 2.24) is 14.9 Å². The number of amides is 1. The predicted molar refractivity (Wildman–Crippen MR) is 96.5 cm³/mol. The Balaban J connectivity index is 1.40. The first-order chi connectivity index (χ1) is 13.1. The zero-order valence-corrected chi connectivity index (χ0v) is 14.7. The van der Waals surface area contributed by atoms with E-state index in [0.717, 1.165) is 0 Å². The van der Waals surface area contributed by atoms with Gasteiger partial charge in [-0.25, -0.2) is 9.37 Å². The van der Waals surface area contributed by atoms with Crippen LogP contribution in [0.2, 0.25) is 0 Å². The predicted octanol–water partition coefficient (Wildman–Crippen LogP) is 2.78. The number of aromatic nitrogens is 2. The van der Waals surface area contributed by atoms with E-state index in [2.05, 4.69) is 10.3 Å². The number of fused-ring (bicyclic) bond motifs is 1. The van der Waals surface area contributed by atoms with Gasteiger partial charge in [0.05, 0.1) is 5.69 Å². The van der Waals surface area contributed by atoms with Gasteiger partial charge in [0.1, 0.15) is 18.2 Å². The molecule has 3 aromatic rings. The molecule has 0 bridgehead atoms. The Labute approximate surface area is 155 Å². The van der Waals surface area contributed by atoms with Crippen LogP contribution in [0.3, 0.4) is 0 Å². The second-order valence-electron chi connectivity index (χ2n) is 6.21. The molecule has 0 saturated carbocycles. The number of benzene rings is 2. The maximum Gasteiger partial charge on any atom is 0.264 e. The third-order valence-corrected chi connectivity index (χ3v) is 4.37. The third kappa shape index (κ3) is 3.48. The lowest BCUT2D eigenvalue weighted by Gasteiger charge is -2.25. The molecule has 0 saturated heterocycles. The molecule has 0 radical (unpaired) electrons. The van der Waals surface area contributed by atoms with Crippen molar-refractivity contribution in [3.05, 3.63) is 72.1 Å². The zero-order chi connectivity index (χ0) is 18.8. The number of nitrogens with zero attached hydrogens (tertiary/aromatic N) is 2. The fraction of sp³-hybridized carbons (Fsp3) is 0.200. The van der Waals surface area contributed by atoms with Gasteiger partial charge in [-0.2, -0.15) is 0 Å². The third-order valence-electron chi connectivity index (χ3n) is 4.37. The first-order valence-electron chi connectivity index (χ1n) is 8.57. The van der Waals surface area contributed by atoms with Crippen LogP contribution in [0.15, 0.2) is 54.9 Å². The van der Waals surface area contributed by atoms with Crippen molar-refractivity contribution < 1.29 is 18.7 Å². The highest BCUT2D eigenvalue weighted by Gasteiger charge is 2.27. The van der Waals surface area contributed by atoms with Crippen molar-refractivity contribution in [2.24, 2.45) is 0 Å². The van der Waals surface area contributed by atoms with Gasteiger partial charge in [-0.15, -0.1) is 0 Å². The highest BCUT2D eigenvalue weighted by Crippen LogP contribution is 2.30. The Morgan fingerprint density at radius 2 is 2.11 bits per heavy atom.